The zero-order valence-electron chi connectivity index (χ0n) is 24.0. The Morgan fingerprint density at radius 2 is 1.37 bits per heavy atom. The van der Waals surface area contributed by atoms with E-state index in [0.29, 0.717) is 25.9 Å². The second-order valence-corrected chi connectivity index (χ2v) is 11.9. The monoisotopic (exact) mass is 533 g/mol. The summed E-state index contributed by atoms with van der Waals surface area (Å²) < 4.78 is 10.7. The van der Waals surface area contributed by atoms with Crippen LogP contribution in [0.4, 0.5) is 4.79 Å². The van der Waals surface area contributed by atoms with Crippen molar-refractivity contribution < 1.29 is 29.0 Å². The first-order valence-electron chi connectivity index (χ1n) is 13.7. The molecule has 1 aliphatic heterocycles. The highest BCUT2D eigenvalue weighted by molar-refractivity contribution is 5.91. The fourth-order valence-electron chi connectivity index (χ4n) is 4.35. The highest BCUT2D eigenvalue weighted by atomic mass is 16.6. The van der Waals surface area contributed by atoms with Gasteiger partial charge in [-0.3, -0.25) is 9.59 Å². The molecule has 2 rings (SSSR count). The van der Waals surface area contributed by atoms with Gasteiger partial charge < -0.3 is 30.5 Å². The van der Waals surface area contributed by atoms with Crippen molar-refractivity contribution in [3.05, 3.63) is 35.9 Å². The molecule has 9 nitrogen and oxygen atoms in total. The molecule has 5 unspecified atom stereocenters. The molecule has 1 aromatic carbocycles. The van der Waals surface area contributed by atoms with E-state index in [0.717, 1.165) is 5.56 Å². The largest absolute Gasteiger partial charge is 0.445 e. The van der Waals surface area contributed by atoms with Crippen molar-refractivity contribution in [3.63, 3.8) is 0 Å². The predicted octanol–water partition coefficient (Wildman–Crippen LogP) is 3.54. The third-order valence-electron chi connectivity index (χ3n) is 6.53. The van der Waals surface area contributed by atoms with Crippen molar-refractivity contribution in [3.8, 4) is 0 Å². The first-order chi connectivity index (χ1) is 17.8. The lowest BCUT2D eigenvalue weighted by atomic mass is 9.91. The van der Waals surface area contributed by atoms with Crippen LogP contribution in [0.3, 0.4) is 0 Å². The van der Waals surface area contributed by atoms with Crippen LogP contribution in [0, 0.1) is 17.8 Å². The van der Waals surface area contributed by atoms with Crippen LogP contribution in [-0.4, -0.2) is 59.5 Å². The van der Waals surface area contributed by atoms with Gasteiger partial charge in [-0.1, -0.05) is 71.9 Å². The molecule has 1 saturated heterocycles. The number of benzene rings is 1. The number of carbonyl (C=O) groups excluding carboxylic acids is 3. The molecule has 1 heterocycles. The summed E-state index contributed by atoms with van der Waals surface area (Å²) in [5.41, 5.74) is 0.167. The van der Waals surface area contributed by atoms with E-state index in [9.17, 15) is 19.5 Å². The lowest BCUT2D eigenvalue weighted by Crippen LogP contribution is -2.58. The predicted molar refractivity (Wildman–Crippen MR) is 146 cm³/mol. The van der Waals surface area contributed by atoms with E-state index in [1.807, 2.05) is 78.8 Å². The Morgan fingerprint density at radius 1 is 0.868 bits per heavy atom. The van der Waals surface area contributed by atoms with Crippen molar-refractivity contribution in [1.82, 2.24) is 16.0 Å². The number of ether oxygens (including phenoxy) is 2. The van der Waals surface area contributed by atoms with Gasteiger partial charge in [-0.25, -0.2) is 4.79 Å². The van der Waals surface area contributed by atoms with Gasteiger partial charge in [-0.15, -0.1) is 0 Å². The number of hydrogen-bond donors (Lipinski definition) is 4. The summed E-state index contributed by atoms with van der Waals surface area (Å²) in [6.07, 6.45) is -0.203. The molecule has 9 heteroatoms. The molecule has 5 atom stereocenters. The molecule has 38 heavy (non-hydrogen) atoms. The minimum absolute atomic E-state index is 0.0866. The average molecular weight is 534 g/mol. The molecule has 4 N–H and O–H groups in total. The number of nitrogens with one attached hydrogen (secondary N) is 3. The molecule has 3 amide bonds. The normalized spacial score (nSPS) is 20.0. The van der Waals surface area contributed by atoms with Gasteiger partial charge in [0.15, 0.2) is 0 Å². The molecule has 0 saturated carbocycles. The number of aliphatic hydroxyl groups excluding tert-OH is 1. The Labute approximate surface area is 227 Å². The summed E-state index contributed by atoms with van der Waals surface area (Å²) in [5, 5.41) is 19.4. The number of epoxide rings is 1. The number of aliphatic hydroxyl groups is 1. The summed E-state index contributed by atoms with van der Waals surface area (Å²) in [6, 6.07) is 7.08. The van der Waals surface area contributed by atoms with Gasteiger partial charge in [-0.2, -0.15) is 0 Å². The molecule has 1 aliphatic rings. The van der Waals surface area contributed by atoms with Crippen molar-refractivity contribution in [2.45, 2.75) is 104 Å². The van der Waals surface area contributed by atoms with Crippen LogP contribution in [0.5, 0.6) is 0 Å². The molecule has 214 valence electrons. The lowest BCUT2D eigenvalue weighted by Gasteiger charge is -2.31. The summed E-state index contributed by atoms with van der Waals surface area (Å²) >= 11 is 0. The van der Waals surface area contributed by atoms with E-state index in [-0.39, 0.29) is 30.3 Å². The highest BCUT2D eigenvalue weighted by Crippen LogP contribution is 2.33. The third-order valence-corrected chi connectivity index (χ3v) is 6.53. The Hall–Kier alpha value is -2.65. The SMILES string of the molecule is CC(C)CC(NC(=O)OCc1ccccc1)C(=O)NC(CC(C)C)C(=O)NC(CC(C)C)C(O)C1(C)CO1. The van der Waals surface area contributed by atoms with E-state index >= 15 is 0 Å². The van der Waals surface area contributed by atoms with Gasteiger partial charge in [0.2, 0.25) is 11.8 Å². The van der Waals surface area contributed by atoms with Crippen LogP contribution in [0.1, 0.15) is 73.3 Å². The summed E-state index contributed by atoms with van der Waals surface area (Å²) in [5.74, 6) is -0.346. The van der Waals surface area contributed by atoms with Gasteiger partial charge in [0.25, 0.3) is 0 Å². The minimum Gasteiger partial charge on any atom is -0.445 e. The zero-order valence-corrected chi connectivity index (χ0v) is 24.0. The van der Waals surface area contributed by atoms with Crippen molar-refractivity contribution >= 4 is 17.9 Å². The third kappa shape index (κ3) is 10.6. The number of carbonyl (C=O) groups is 3. The first kappa shape index (κ1) is 31.6. The fourth-order valence-corrected chi connectivity index (χ4v) is 4.35. The standard InChI is InChI=1S/C29H47N3O6/c1-18(2)13-22(25(33)29(7)17-38-29)30-26(34)23(14-19(3)4)31-27(35)24(15-20(5)6)32-28(36)37-16-21-11-9-8-10-12-21/h8-12,18-20,22-25,33H,13-17H2,1-7H3,(H,30,34)(H,31,35)(H,32,36). The van der Waals surface area contributed by atoms with Gasteiger partial charge in [0, 0.05) is 0 Å². The average Bonchev–Trinajstić information content (AvgIpc) is 3.59. The van der Waals surface area contributed by atoms with Crippen molar-refractivity contribution in [2.75, 3.05) is 6.61 Å². The number of alkyl carbamates (subject to hydrolysis) is 1. The maximum atomic E-state index is 13.4. The number of hydrogen-bond acceptors (Lipinski definition) is 6. The second kappa shape index (κ2) is 14.5. The molecule has 1 aromatic rings. The Balaban J connectivity index is 2.08. The van der Waals surface area contributed by atoms with Crippen molar-refractivity contribution in [1.29, 1.82) is 0 Å². The smallest absolute Gasteiger partial charge is 0.408 e. The van der Waals surface area contributed by atoms with Gasteiger partial charge in [0.1, 0.15) is 30.4 Å². The Morgan fingerprint density at radius 3 is 1.87 bits per heavy atom. The molecular weight excluding hydrogens is 486 g/mol. The van der Waals surface area contributed by atoms with Crippen LogP contribution in [0.15, 0.2) is 30.3 Å². The van der Waals surface area contributed by atoms with Gasteiger partial charge >= 0.3 is 6.09 Å². The van der Waals surface area contributed by atoms with Gasteiger partial charge in [-0.05, 0) is 49.5 Å². The molecule has 0 spiro atoms. The molecular formula is C29H47N3O6. The van der Waals surface area contributed by atoms with Crippen LogP contribution in [0.2, 0.25) is 0 Å². The Kier molecular flexibility index (Phi) is 12.0. The quantitative estimate of drug-likeness (QED) is 0.255. The van der Waals surface area contributed by atoms with E-state index in [4.69, 9.17) is 9.47 Å². The highest BCUT2D eigenvalue weighted by Gasteiger charge is 2.50. The van der Waals surface area contributed by atoms with Crippen LogP contribution in [0.25, 0.3) is 0 Å². The topological polar surface area (TPSA) is 129 Å². The second-order valence-electron chi connectivity index (χ2n) is 11.9. The maximum absolute atomic E-state index is 13.4. The number of amides is 3. The summed E-state index contributed by atoms with van der Waals surface area (Å²) in [6.45, 7) is 14.2. The number of rotatable bonds is 15. The Bertz CT molecular complexity index is 901. The van der Waals surface area contributed by atoms with Crippen molar-refractivity contribution in [2.24, 2.45) is 17.8 Å². The van der Waals surface area contributed by atoms with E-state index in [1.165, 1.54) is 0 Å². The van der Waals surface area contributed by atoms with Crippen LogP contribution >= 0.6 is 0 Å². The van der Waals surface area contributed by atoms with Crippen LogP contribution in [-0.2, 0) is 25.7 Å². The fraction of sp³-hybridized carbons (Fsp3) is 0.690. The van der Waals surface area contributed by atoms with E-state index in [1.54, 1.807) is 0 Å². The summed E-state index contributed by atoms with van der Waals surface area (Å²) in [7, 11) is 0. The summed E-state index contributed by atoms with van der Waals surface area (Å²) in [4.78, 5) is 39.2. The van der Waals surface area contributed by atoms with E-state index < -0.39 is 41.8 Å². The van der Waals surface area contributed by atoms with Crippen LogP contribution < -0.4 is 16.0 Å². The van der Waals surface area contributed by atoms with E-state index in [2.05, 4.69) is 16.0 Å². The lowest BCUT2D eigenvalue weighted by molar-refractivity contribution is -0.131. The molecule has 0 radical (unpaired) electrons. The maximum Gasteiger partial charge on any atom is 0.408 e. The molecule has 0 bridgehead atoms. The molecule has 0 aliphatic carbocycles. The first-order valence-corrected chi connectivity index (χ1v) is 13.7. The zero-order chi connectivity index (χ0) is 28.5. The molecule has 1 fully saturated rings. The minimum atomic E-state index is -0.864. The molecule has 0 aromatic heterocycles. The van der Waals surface area contributed by atoms with Gasteiger partial charge in [0.05, 0.1) is 12.6 Å².